The highest BCUT2D eigenvalue weighted by atomic mass is 35.5. The van der Waals surface area contributed by atoms with Crippen LogP contribution in [0.4, 0.5) is 0 Å². The average molecular weight is 256 g/mol. The van der Waals surface area contributed by atoms with E-state index in [2.05, 4.69) is 5.32 Å². The lowest BCUT2D eigenvalue weighted by atomic mass is 10.2. The average Bonchev–Trinajstić information content (AvgIpc) is 2.81. The molecular formula is C12H14ClNOS. The van der Waals surface area contributed by atoms with Crippen LogP contribution in [0.3, 0.4) is 0 Å². The molecule has 1 fully saturated rings. The van der Waals surface area contributed by atoms with E-state index in [4.69, 9.17) is 11.6 Å². The van der Waals surface area contributed by atoms with Gasteiger partial charge in [0.1, 0.15) is 0 Å². The van der Waals surface area contributed by atoms with E-state index < -0.39 is 0 Å². The number of thioether (sulfide) groups is 1. The first kappa shape index (κ1) is 11.8. The van der Waals surface area contributed by atoms with Gasteiger partial charge in [0, 0.05) is 11.6 Å². The number of halogens is 1. The maximum absolute atomic E-state index is 11.7. The summed E-state index contributed by atoms with van der Waals surface area (Å²) in [5.74, 6) is 1.27. The van der Waals surface area contributed by atoms with Crippen LogP contribution in [0.2, 0.25) is 5.02 Å². The molecule has 16 heavy (non-hydrogen) atoms. The van der Waals surface area contributed by atoms with Crippen molar-refractivity contribution in [3.8, 4) is 0 Å². The number of hydrogen-bond donors (Lipinski definition) is 1. The van der Waals surface area contributed by atoms with Gasteiger partial charge in [-0.1, -0.05) is 23.7 Å². The monoisotopic (exact) mass is 255 g/mol. The lowest BCUT2D eigenvalue weighted by molar-refractivity contribution is -0.120. The number of carbonyl (C=O) groups is 1. The van der Waals surface area contributed by atoms with Crippen molar-refractivity contribution >= 4 is 29.3 Å². The van der Waals surface area contributed by atoms with Crippen molar-refractivity contribution in [2.24, 2.45) is 0 Å². The molecule has 2 nitrogen and oxygen atoms in total. The molecule has 1 unspecified atom stereocenters. The van der Waals surface area contributed by atoms with E-state index >= 15 is 0 Å². The van der Waals surface area contributed by atoms with Crippen LogP contribution in [-0.2, 0) is 11.3 Å². The zero-order chi connectivity index (χ0) is 11.4. The third-order valence-corrected chi connectivity index (χ3v) is 4.23. The molecule has 1 aromatic carbocycles. The lowest BCUT2D eigenvalue weighted by Crippen LogP contribution is -2.30. The van der Waals surface area contributed by atoms with Gasteiger partial charge in [0.05, 0.1) is 5.25 Å². The molecular weight excluding hydrogens is 242 g/mol. The third kappa shape index (κ3) is 3.16. The lowest BCUT2D eigenvalue weighted by Gasteiger charge is -2.09. The summed E-state index contributed by atoms with van der Waals surface area (Å²) in [5, 5.41) is 3.84. The van der Waals surface area contributed by atoms with E-state index in [1.54, 1.807) is 11.8 Å². The minimum absolute atomic E-state index is 0.160. The Morgan fingerprint density at radius 1 is 1.44 bits per heavy atom. The summed E-state index contributed by atoms with van der Waals surface area (Å²) in [5.41, 5.74) is 1.08. The SMILES string of the molecule is O=C(NCc1ccc(Cl)cc1)C1CCCS1. The van der Waals surface area contributed by atoms with Crippen LogP contribution in [0, 0.1) is 0 Å². The van der Waals surface area contributed by atoms with Crippen molar-refractivity contribution in [2.75, 3.05) is 5.75 Å². The summed E-state index contributed by atoms with van der Waals surface area (Å²) in [6, 6.07) is 7.55. The Bertz CT molecular complexity index is 360. The molecule has 2 rings (SSSR count). The third-order valence-electron chi connectivity index (χ3n) is 2.60. The van der Waals surface area contributed by atoms with Crippen molar-refractivity contribution in [1.29, 1.82) is 0 Å². The van der Waals surface area contributed by atoms with Gasteiger partial charge in [0.2, 0.25) is 5.91 Å². The van der Waals surface area contributed by atoms with Crippen LogP contribution in [0.15, 0.2) is 24.3 Å². The molecule has 0 aromatic heterocycles. The Balaban J connectivity index is 1.82. The van der Waals surface area contributed by atoms with Gasteiger partial charge in [-0.15, -0.1) is 11.8 Å². The van der Waals surface area contributed by atoms with E-state index in [1.807, 2.05) is 24.3 Å². The summed E-state index contributed by atoms with van der Waals surface area (Å²) in [6.07, 6.45) is 2.17. The highest BCUT2D eigenvalue weighted by Crippen LogP contribution is 2.26. The first-order chi connectivity index (χ1) is 7.75. The smallest absolute Gasteiger partial charge is 0.233 e. The summed E-state index contributed by atoms with van der Waals surface area (Å²) in [7, 11) is 0. The number of nitrogens with one attached hydrogen (secondary N) is 1. The van der Waals surface area contributed by atoms with E-state index in [1.165, 1.54) is 0 Å². The van der Waals surface area contributed by atoms with Crippen molar-refractivity contribution in [3.63, 3.8) is 0 Å². The molecule has 1 heterocycles. The van der Waals surface area contributed by atoms with Crippen LogP contribution in [0.5, 0.6) is 0 Å². The molecule has 1 saturated heterocycles. The summed E-state index contributed by atoms with van der Waals surface area (Å²) in [4.78, 5) is 11.7. The molecule has 0 radical (unpaired) electrons. The molecule has 1 N–H and O–H groups in total. The molecule has 0 aliphatic carbocycles. The molecule has 86 valence electrons. The predicted molar refractivity (Wildman–Crippen MR) is 68.8 cm³/mol. The second-order valence-electron chi connectivity index (χ2n) is 3.85. The molecule has 0 saturated carbocycles. The Labute approximate surface area is 105 Å². The molecule has 1 aliphatic rings. The summed E-state index contributed by atoms with van der Waals surface area (Å²) in [6.45, 7) is 0.590. The number of carbonyl (C=O) groups excluding carboxylic acids is 1. The standard InChI is InChI=1S/C12H14ClNOS/c13-10-5-3-9(4-6-10)8-14-12(15)11-2-1-7-16-11/h3-6,11H,1-2,7-8H2,(H,14,15). The fourth-order valence-corrected chi connectivity index (χ4v) is 3.00. The summed E-state index contributed by atoms with van der Waals surface area (Å²) >= 11 is 7.54. The Hall–Kier alpha value is -0.670. The van der Waals surface area contributed by atoms with E-state index in [0.29, 0.717) is 6.54 Å². The maximum Gasteiger partial charge on any atom is 0.233 e. The highest BCUT2D eigenvalue weighted by Gasteiger charge is 2.22. The van der Waals surface area contributed by atoms with Crippen LogP contribution < -0.4 is 5.32 Å². The van der Waals surface area contributed by atoms with E-state index in [-0.39, 0.29) is 11.2 Å². The highest BCUT2D eigenvalue weighted by molar-refractivity contribution is 8.00. The van der Waals surface area contributed by atoms with Crippen LogP contribution in [0.25, 0.3) is 0 Å². The van der Waals surface area contributed by atoms with Gasteiger partial charge in [-0.25, -0.2) is 0 Å². The number of rotatable bonds is 3. The quantitative estimate of drug-likeness (QED) is 0.900. The van der Waals surface area contributed by atoms with Crippen molar-refractivity contribution in [2.45, 2.75) is 24.6 Å². The fraction of sp³-hybridized carbons (Fsp3) is 0.417. The van der Waals surface area contributed by atoms with Gasteiger partial charge < -0.3 is 5.32 Å². The van der Waals surface area contributed by atoms with Gasteiger partial charge in [-0.05, 0) is 36.3 Å². The zero-order valence-corrected chi connectivity index (χ0v) is 10.5. The normalized spacial score (nSPS) is 19.7. The molecule has 0 spiro atoms. The molecule has 0 bridgehead atoms. The first-order valence-electron chi connectivity index (χ1n) is 5.39. The Kier molecular flexibility index (Phi) is 4.13. The number of amides is 1. The van der Waals surface area contributed by atoms with Gasteiger partial charge in [0.15, 0.2) is 0 Å². The maximum atomic E-state index is 11.7. The molecule has 4 heteroatoms. The van der Waals surface area contributed by atoms with Gasteiger partial charge >= 0.3 is 0 Å². The molecule has 1 amide bonds. The van der Waals surface area contributed by atoms with Gasteiger partial charge in [-0.3, -0.25) is 4.79 Å². The molecule has 1 aliphatic heterocycles. The van der Waals surface area contributed by atoms with Gasteiger partial charge in [0.25, 0.3) is 0 Å². The van der Waals surface area contributed by atoms with Gasteiger partial charge in [-0.2, -0.15) is 0 Å². The predicted octanol–water partition coefficient (Wildman–Crippen LogP) is 2.85. The van der Waals surface area contributed by atoms with E-state index in [9.17, 15) is 4.79 Å². The number of hydrogen-bond acceptors (Lipinski definition) is 2. The summed E-state index contributed by atoms with van der Waals surface area (Å²) < 4.78 is 0. The largest absolute Gasteiger partial charge is 0.351 e. The topological polar surface area (TPSA) is 29.1 Å². The first-order valence-corrected chi connectivity index (χ1v) is 6.82. The van der Waals surface area contributed by atoms with E-state index in [0.717, 1.165) is 29.2 Å². The molecule has 1 aromatic rings. The van der Waals surface area contributed by atoms with Crippen LogP contribution in [-0.4, -0.2) is 16.9 Å². The number of benzene rings is 1. The Morgan fingerprint density at radius 2 is 2.19 bits per heavy atom. The Morgan fingerprint density at radius 3 is 2.81 bits per heavy atom. The fourth-order valence-electron chi connectivity index (χ4n) is 1.69. The minimum atomic E-state index is 0.160. The van der Waals surface area contributed by atoms with Crippen molar-refractivity contribution in [1.82, 2.24) is 5.32 Å². The molecule has 1 atom stereocenters. The van der Waals surface area contributed by atoms with Crippen LogP contribution >= 0.6 is 23.4 Å². The van der Waals surface area contributed by atoms with Crippen LogP contribution in [0.1, 0.15) is 18.4 Å². The van der Waals surface area contributed by atoms with Crippen molar-refractivity contribution in [3.05, 3.63) is 34.9 Å². The minimum Gasteiger partial charge on any atom is -0.351 e. The van der Waals surface area contributed by atoms with Crippen molar-refractivity contribution < 1.29 is 4.79 Å². The second-order valence-corrected chi connectivity index (χ2v) is 5.59. The second kappa shape index (κ2) is 5.60. The zero-order valence-electron chi connectivity index (χ0n) is 8.91.